The van der Waals surface area contributed by atoms with Crippen molar-refractivity contribution in [2.45, 2.75) is 36.4 Å². The standard InChI is InChI=1S/C6H15N3O3/c7-1-4(10)2(8)6(12)3(9)5(1)11/h1-6,10-12H,7-9H2/t1-,2-,3-,4-,5-,6+/m0/s1. The van der Waals surface area contributed by atoms with Gasteiger partial charge < -0.3 is 32.5 Å². The van der Waals surface area contributed by atoms with E-state index in [1.54, 1.807) is 0 Å². The van der Waals surface area contributed by atoms with E-state index >= 15 is 0 Å². The Morgan fingerprint density at radius 2 is 0.750 bits per heavy atom. The van der Waals surface area contributed by atoms with Gasteiger partial charge >= 0.3 is 0 Å². The van der Waals surface area contributed by atoms with Gasteiger partial charge in [0, 0.05) is 0 Å². The smallest absolute Gasteiger partial charge is 0.0893 e. The molecule has 0 aromatic rings. The van der Waals surface area contributed by atoms with E-state index in [4.69, 9.17) is 17.2 Å². The maximum absolute atomic E-state index is 9.28. The molecule has 0 amide bonds. The Morgan fingerprint density at radius 3 is 0.917 bits per heavy atom. The summed E-state index contributed by atoms with van der Waals surface area (Å²) in [5.74, 6) is 0. The maximum atomic E-state index is 9.28. The van der Waals surface area contributed by atoms with Crippen molar-refractivity contribution in [3.05, 3.63) is 0 Å². The van der Waals surface area contributed by atoms with Gasteiger partial charge in [-0.3, -0.25) is 0 Å². The van der Waals surface area contributed by atoms with E-state index in [0.29, 0.717) is 0 Å². The fourth-order valence-electron chi connectivity index (χ4n) is 1.38. The van der Waals surface area contributed by atoms with Gasteiger partial charge in [-0.2, -0.15) is 0 Å². The van der Waals surface area contributed by atoms with E-state index in [1.807, 2.05) is 0 Å². The van der Waals surface area contributed by atoms with Gasteiger partial charge in [0.15, 0.2) is 0 Å². The number of nitrogens with two attached hydrogens (primary N) is 3. The van der Waals surface area contributed by atoms with Crippen molar-refractivity contribution in [2.24, 2.45) is 17.2 Å². The van der Waals surface area contributed by atoms with Crippen LogP contribution in [-0.4, -0.2) is 51.8 Å². The fraction of sp³-hybridized carbons (Fsp3) is 1.00. The van der Waals surface area contributed by atoms with Gasteiger partial charge in [0.2, 0.25) is 0 Å². The molecule has 9 N–H and O–H groups in total. The molecule has 1 fully saturated rings. The molecule has 1 aliphatic rings. The molecule has 72 valence electrons. The second-order valence-corrected chi connectivity index (χ2v) is 3.20. The molecule has 1 aliphatic carbocycles. The van der Waals surface area contributed by atoms with Crippen LogP contribution in [0.1, 0.15) is 0 Å². The van der Waals surface area contributed by atoms with Crippen LogP contribution in [0.3, 0.4) is 0 Å². The summed E-state index contributed by atoms with van der Waals surface area (Å²) >= 11 is 0. The molecule has 0 saturated heterocycles. The number of aliphatic hydroxyl groups is 3. The topological polar surface area (TPSA) is 139 Å². The van der Waals surface area contributed by atoms with Crippen LogP contribution in [-0.2, 0) is 0 Å². The summed E-state index contributed by atoms with van der Waals surface area (Å²) in [6, 6.07) is -2.67. The van der Waals surface area contributed by atoms with Crippen LogP contribution in [0, 0.1) is 0 Å². The van der Waals surface area contributed by atoms with Crippen LogP contribution >= 0.6 is 0 Å². The molecule has 6 heteroatoms. The van der Waals surface area contributed by atoms with Crippen LogP contribution in [0.4, 0.5) is 0 Å². The van der Waals surface area contributed by atoms with Crippen LogP contribution in [0.15, 0.2) is 0 Å². The Hall–Kier alpha value is -0.240. The Labute approximate surface area is 70.0 Å². The Morgan fingerprint density at radius 1 is 0.583 bits per heavy atom. The summed E-state index contributed by atoms with van der Waals surface area (Å²) in [5, 5.41) is 27.8. The molecule has 1 rings (SSSR count). The number of hydrogen-bond acceptors (Lipinski definition) is 6. The first kappa shape index (κ1) is 9.85. The monoisotopic (exact) mass is 177 g/mol. The van der Waals surface area contributed by atoms with E-state index in [1.165, 1.54) is 0 Å². The minimum atomic E-state index is -1.12. The lowest BCUT2D eigenvalue weighted by Gasteiger charge is -2.41. The first-order valence-corrected chi connectivity index (χ1v) is 3.77. The Bertz CT molecular complexity index is 110. The average Bonchev–Trinajstić information content (AvgIpc) is 2.08. The van der Waals surface area contributed by atoms with Crippen molar-refractivity contribution in [1.29, 1.82) is 0 Å². The van der Waals surface area contributed by atoms with E-state index in [2.05, 4.69) is 0 Å². The van der Waals surface area contributed by atoms with Gasteiger partial charge in [0.25, 0.3) is 0 Å². The highest BCUT2D eigenvalue weighted by Crippen LogP contribution is 2.16. The third-order valence-corrected chi connectivity index (χ3v) is 2.37. The summed E-state index contributed by atoms with van der Waals surface area (Å²) in [4.78, 5) is 0. The van der Waals surface area contributed by atoms with Crippen LogP contribution in [0.5, 0.6) is 0 Å². The van der Waals surface area contributed by atoms with E-state index in [-0.39, 0.29) is 0 Å². The van der Waals surface area contributed by atoms with E-state index in [9.17, 15) is 15.3 Å². The molecule has 0 unspecified atom stereocenters. The Balaban J connectivity index is 2.76. The quantitative estimate of drug-likeness (QED) is 0.223. The molecule has 0 bridgehead atoms. The summed E-state index contributed by atoms with van der Waals surface area (Å²) in [7, 11) is 0. The van der Waals surface area contributed by atoms with Crippen molar-refractivity contribution in [3.63, 3.8) is 0 Å². The highest BCUT2D eigenvalue weighted by molar-refractivity contribution is 5.04. The van der Waals surface area contributed by atoms with Crippen LogP contribution < -0.4 is 17.2 Å². The van der Waals surface area contributed by atoms with E-state index < -0.39 is 36.4 Å². The molecule has 0 aromatic carbocycles. The molecular formula is C6H15N3O3. The molecular weight excluding hydrogens is 162 g/mol. The molecule has 0 heterocycles. The Kier molecular flexibility index (Phi) is 2.67. The first-order chi connectivity index (χ1) is 5.46. The zero-order chi connectivity index (χ0) is 9.46. The first-order valence-electron chi connectivity index (χ1n) is 3.77. The minimum absolute atomic E-state index is 0.890. The highest BCUT2D eigenvalue weighted by Gasteiger charge is 2.44. The summed E-state index contributed by atoms with van der Waals surface area (Å²) < 4.78 is 0. The maximum Gasteiger partial charge on any atom is 0.0893 e. The molecule has 0 aromatic heterocycles. The van der Waals surface area contributed by atoms with Gasteiger partial charge in [-0.15, -0.1) is 0 Å². The summed E-state index contributed by atoms with van der Waals surface area (Å²) in [6.45, 7) is 0. The van der Waals surface area contributed by atoms with Gasteiger partial charge in [-0.1, -0.05) is 0 Å². The third kappa shape index (κ3) is 1.33. The number of rotatable bonds is 0. The molecule has 1 saturated carbocycles. The lowest BCUT2D eigenvalue weighted by molar-refractivity contribution is -0.0699. The molecule has 0 spiro atoms. The fourth-order valence-corrected chi connectivity index (χ4v) is 1.38. The van der Waals surface area contributed by atoms with Crippen LogP contribution in [0.2, 0.25) is 0 Å². The number of hydrogen-bond donors (Lipinski definition) is 6. The summed E-state index contributed by atoms with van der Waals surface area (Å²) in [6.07, 6.45) is -3.35. The van der Waals surface area contributed by atoms with Crippen molar-refractivity contribution >= 4 is 0 Å². The molecule has 12 heavy (non-hydrogen) atoms. The average molecular weight is 177 g/mol. The largest absolute Gasteiger partial charge is 0.390 e. The van der Waals surface area contributed by atoms with Crippen molar-refractivity contribution in [2.75, 3.05) is 0 Å². The minimum Gasteiger partial charge on any atom is -0.390 e. The second-order valence-electron chi connectivity index (χ2n) is 3.20. The molecule has 6 nitrogen and oxygen atoms in total. The zero-order valence-corrected chi connectivity index (χ0v) is 6.54. The lowest BCUT2D eigenvalue weighted by atomic mass is 9.81. The van der Waals surface area contributed by atoms with E-state index in [0.717, 1.165) is 0 Å². The predicted octanol–water partition coefficient (Wildman–Crippen LogP) is -3.94. The third-order valence-electron chi connectivity index (χ3n) is 2.37. The highest BCUT2D eigenvalue weighted by atomic mass is 16.3. The predicted molar refractivity (Wildman–Crippen MR) is 41.9 cm³/mol. The van der Waals surface area contributed by atoms with Crippen molar-refractivity contribution in [3.8, 4) is 0 Å². The summed E-state index contributed by atoms with van der Waals surface area (Å²) in [5.41, 5.74) is 16.2. The van der Waals surface area contributed by atoms with Gasteiger partial charge in [0.05, 0.1) is 36.4 Å². The van der Waals surface area contributed by atoms with Crippen LogP contribution in [0.25, 0.3) is 0 Å². The molecule has 0 radical (unpaired) electrons. The van der Waals surface area contributed by atoms with Gasteiger partial charge in [0.1, 0.15) is 0 Å². The SMILES string of the molecule is N[C@H]1[C@H](O)[C@H](N)[C@@H](O)[C@@H](N)[C@H]1O. The van der Waals surface area contributed by atoms with Gasteiger partial charge in [-0.25, -0.2) is 0 Å². The van der Waals surface area contributed by atoms with Crippen molar-refractivity contribution in [1.82, 2.24) is 0 Å². The molecule has 0 aliphatic heterocycles. The zero-order valence-electron chi connectivity index (χ0n) is 6.54. The number of aliphatic hydroxyl groups excluding tert-OH is 3. The molecule has 0 atom stereocenters. The van der Waals surface area contributed by atoms with Crippen molar-refractivity contribution < 1.29 is 15.3 Å². The van der Waals surface area contributed by atoms with Gasteiger partial charge in [-0.05, 0) is 0 Å². The second kappa shape index (κ2) is 3.25. The normalized spacial score (nSPS) is 55.5. The lowest BCUT2D eigenvalue weighted by Crippen LogP contribution is -2.71.